The smallest absolute Gasteiger partial charge is 0.360 e. The molecule has 0 amide bonds. The molecule has 0 saturated heterocycles. The van der Waals surface area contributed by atoms with Gasteiger partial charge in [-0.3, -0.25) is 9.48 Å². The Morgan fingerprint density at radius 3 is 2.64 bits per heavy atom. The van der Waals surface area contributed by atoms with Gasteiger partial charge in [0.15, 0.2) is 5.75 Å². The molecule has 1 aromatic heterocycles. The minimum atomic E-state index is -1.45. The van der Waals surface area contributed by atoms with Gasteiger partial charge >= 0.3 is 5.97 Å². The second kappa shape index (κ2) is 7.82. The van der Waals surface area contributed by atoms with Gasteiger partial charge in [0.25, 0.3) is 5.43 Å². The summed E-state index contributed by atoms with van der Waals surface area (Å²) < 4.78 is 2.32. The molecule has 0 spiro atoms. The predicted molar refractivity (Wildman–Crippen MR) is 98.1 cm³/mol. The molecule has 0 aliphatic carbocycles. The van der Waals surface area contributed by atoms with E-state index in [4.69, 9.17) is 5.11 Å². The summed E-state index contributed by atoms with van der Waals surface area (Å²) in [5.41, 5.74) is -0.828. The lowest BCUT2D eigenvalue weighted by atomic mass is 9.74. The summed E-state index contributed by atoms with van der Waals surface area (Å²) in [5.74, 6) is -2.06. The van der Waals surface area contributed by atoms with E-state index in [9.17, 15) is 14.7 Å². The van der Waals surface area contributed by atoms with Gasteiger partial charge in [0.2, 0.25) is 5.69 Å². The average Bonchev–Trinajstić information content (AvgIpc) is 2.57. The van der Waals surface area contributed by atoms with E-state index in [0.717, 1.165) is 29.3 Å². The minimum absolute atomic E-state index is 0.289. The van der Waals surface area contributed by atoms with E-state index in [2.05, 4.69) is 34.9 Å². The first kappa shape index (κ1) is 19.2. The maximum absolute atomic E-state index is 11.7. The van der Waals surface area contributed by atoms with Crippen LogP contribution in [0.15, 0.2) is 39.7 Å². The van der Waals surface area contributed by atoms with Crippen molar-refractivity contribution in [2.75, 3.05) is 0 Å². The Hall–Kier alpha value is -2.15. The van der Waals surface area contributed by atoms with Crippen LogP contribution in [0.3, 0.4) is 0 Å². The zero-order chi connectivity index (χ0) is 18.6. The van der Waals surface area contributed by atoms with Crippen LogP contribution in [0.25, 0.3) is 0 Å². The molecule has 134 valence electrons. The molecule has 1 heterocycles. The first-order chi connectivity index (χ1) is 11.8. The summed E-state index contributed by atoms with van der Waals surface area (Å²) in [6.07, 6.45) is 3.79. The first-order valence-corrected chi connectivity index (χ1v) is 8.92. The maximum atomic E-state index is 11.7. The summed E-state index contributed by atoms with van der Waals surface area (Å²) >= 11 is 3.49. The summed E-state index contributed by atoms with van der Waals surface area (Å²) in [5, 5.41) is 22.9. The van der Waals surface area contributed by atoms with Crippen LogP contribution in [0.5, 0.6) is 5.75 Å². The van der Waals surface area contributed by atoms with Crippen molar-refractivity contribution in [1.82, 2.24) is 9.78 Å². The normalized spacial score (nSPS) is 13.4. The molecular formula is C18H21BrN2O4. The molecule has 2 rings (SSSR count). The molecule has 6 nitrogen and oxygen atoms in total. The Labute approximate surface area is 154 Å². The van der Waals surface area contributed by atoms with Crippen molar-refractivity contribution in [1.29, 1.82) is 0 Å². The molecular weight excluding hydrogens is 388 g/mol. The Morgan fingerprint density at radius 2 is 2.08 bits per heavy atom. The second-order valence-corrected chi connectivity index (χ2v) is 7.00. The molecule has 0 radical (unpaired) electrons. The van der Waals surface area contributed by atoms with Gasteiger partial charge in [-0.2, -0.15) is 5.10 Å². The molecule has 0 bridgehead atoms. The number of rotatable bonds is 7. The van der Waals surface area contributed by atoms with Gasteiger partial charge in [-0.25, -0.2) is 4.79 Å². The van der Waals surface area contributed by atoms with Crippen molar-refractivity contribution >= 4 is 21.9 Å². The van der Waals surface area contributed by atoms with Gasteiger partial charge in [0.05, 0.1) is 12.7 Å². The van der Waals surface area contributed by atoms with E-state index in [1.54, 1.807) is 0 Å². The van der Waals surface area contributed by atoms with Crippen LogP contribution in [-0.4, -0.2) is 26.0 Å². The van der Waals surface area contributed by atoms with E-state index in [1.165, 1.54) is 10.9 Å². The lowest BCUT2D eigenvalue weighted by Crippen LogP contribution is -2.33. The number of halogens is 1. The van der Waals surface area contributed by atoms with Gasteiger partial charge in [0, 0.05) is 9.89 Å². The zero-order valence-electron chi connectivity index (χ0n) is 14.2. The third-order valence-electron chi connectivity index (χ3n) is 4.46. The van der Waals surface area contributed by atoms with E-state index < -0.39 is 22.8 Å². The number of carboxylic acid groups (broad SMARTS) is 1. The molecule has 0 aliphatic rings. The fraction of sp³-hybridized carbons (Fsp3) is 0.389. The van der Waals surface area contributed by atoms with Crippen LogP contribution in [0.4, 0.5) is 0 Å². The van der Waals surface area contributed by atoms with Crippen molar-refractivity contribution in [2.24, 2.45) is 0 Å². The fourth-order valence-electron chi connectivity index (χ4n) is 3.16. The highest BCUT2D eigenvalue weighted by molar-refractivity contribution is 9.10. The molecule has 1 unspecified atom stereocenters. The molecule has 1 atom stereocenters. The largest absolute Gasteiger partial charge is 0.503 e. The average molecular weight is 409 g/mol. The molecule has 2 aromatic rings. The number of hydrogen-bond acceptors (Lipinski definition) is 4. The zero-order valence-corrected chi connectivity index (χ0v) is 15.8. The lowest BCUT2D eigenvalue weighted by molar-refractivity contribution is 0.0684. The highest BCUT2D eigenvalue weighted by Crippen LogP contribution is 2.36. The number of benzene rings is 1. The van der Waals surface area contributed by atoms with Gasteiger partial charge in [-0.05, 0) is 30.5 Å². The molecule has 25 heavy (non-hydrogen) atoms. The van der Waals surface area contributed by atoms with E-state index >= 15 is 0 Å². The van der Waals surface area contributed by atoms with E-state index in [0.29, 0.717) is 6.54 Å². The standard InChI is InChI=1S/C18H21BrN2O4/c1-3-8-18(4-2,12-6-5-7-13(19)9-12)11-21-10-14(22)16(23)15(20-21)17(24)25/h5-7,9-10,22H,3-4,8,11H2,1-2H3,(H,24,25). The Bertz CT molecular complexity index is 834. The van der Waals surface area contributed by atoms with E-state index in [-0.39, 0.29) is 5.41 Å². The summed E-state index contributed by atoms with van der Waals surface area (Å²) in [6, 6.07) is 7.98. The number of aromatic hydroxyl groups is 1. The molecule has 0 saturated carbocycles. The van der Waals surface area contributed by atoms with Crippen LogP contribution in [0, 0.1) is 0 Å². The Kier molecular flexibility index (Phi) is 6.00. The first-order valence-electron chi connectivity index (χ1n) is 8.13. The molecule has 2 N–H and O–H groups in total. The van der Waals surface area contributed by atoms with Gasteiger partial charge in [0.1, 0.15) is 0 Å². The summed E-state index contributed by atoms with van der Waals surface area (Å²) in [6.45, 7) is 4.51. The highest BCUT2D eigenvalue weighted by atomic mass is 79.9. The van der Waals surface area contributed by atoms with Crippen LogP contribution in [0.2, 0.25) is 0 Å². The number of carboxylic acids is 1. The number of hydrogen-bond donors (Lipinski definition) is 2. The van der Waals surface area contributed by atoms with Crippen LogP contribution >= 0.6 is 15.9 Å². The predicted octanol–water partition coefficient (Wildman–Crippen LogP) is 3.56. The number of carbonyl (C=O) groups is 1. The van der Waals surface area contributed by atoms with Gasteiger partial charge in [-0.1, -0.05) is 48.3 Å². The monoisotopic (exact) mass is 408 g/mol. The molecule has 0 fully saturated rings. The lowest BCUT2D eigenvalue weighted by Gasteiger charge is -2.34. The summed E-state index contributed by atoms with van der Waals surface area (Å²) in [7, 11) is 0. The number of aromatic carboxylic acids is 1. The van der Waals surface area contributed by atoms with Gasteiger partial charge in [-0.15, -0.1) is 0 Å². The third kappa shape index (κ3) is 4.10. The Balaban J connectivity index is 2.55. The van der Waals surface area contributed by atoms with E-state index in [1.807, 2.05) is 24.3 Å². The maximum Gasteiger partial charge on any atom is 0.360 e. The van der Waals surface area contributed by atoms with Crippen molar-refractivity contribution in [3.8, 4) is 5.75 Å². The quantitative estimate of drug-likeness (QED) is 0.730. The van der Waals surface area contributed by atoms with Crippen LogP contribution in [-0.2, 0) is 12.0 Å². The van der Waals surface area contributed by atoms with Crippen LogP contribution in [0.1, 0.15) is 49.2 Å². The van der Waals surface area contributed by atoms with Crippen molar-refractivity contribution in [2.45, 2.75) is 45.1 Å². The third-order valence-corrected chi connectivity index (χ3v) is 4.95. The SMILES string of the molecule is CCCC(CC)(Cn1cc(O)c(=O)c(C(=O)O)n1)c1cccc(Br)c1. The second-order valence-electron chi connectivity index (χ2n) is 6.09. The molecule has 1 aromatic carbocycles. The highest BCUT2D eigenvalue weighted by Gasteiger charge is 2.31. The molecule has 7 heteroatoms. The minimum Gasteiger partial charge on any atom is -0.503 e. The van der Waals surface area contributed by atoms with Crippen molar-refractivity contribution in [3.63, 3.8) is 0 Å². The fourth-order valence-corrected chi connectivity index (χ4v) is 3.56. The number of nitrogens with zero attached hydrogens (tertiary/aromatic N) is 2. The Morgan fingerprint density at radius 1 is 1.36 bits per heavy atom. The number of aromatic nitrogens is 2. The van der Waals surface area contributed by atoms with Crippen molar-refractivity contribution in [3.05, 3.63) is 56.4 Å². The topological polar surface area (TPSA) is 92.4 Å². The van der Waals surface area contributed by atoms with Gasteiger partial charge < -0.3 is 10.2 Å². The molecule has 0 aliphatic heterocycles. The van der Waals surface area contributed by atoms with Crippen molar-refractivity contribution < 1.29 is 15.0 Å². The van der Waals surface area contributed by atoms with Crippen LogP contribution < -0.4 is 5.43 Å². The summed E-state index contributed by atoms with van der Waals surface area (Å²) in [4.78, 5) is 22.9.